The highest BCUT2D eigenvalue weighted by Crippen LogP contribution is 2.41. The fourth-order valence-electron chi connectivity index (χ4n) is 7.43. The number of ether oxygens (including phenoxy) is 2. The third-order valence-electron chi connectivity index (χ3n) is 10.8. The Morgan fingerprint density at radius 3 is 1.17 bits per heavy atom. The molecule has 3 aliphatic rings. The van der Waals surface area contributed by atoms with Gasteiger partial charge in [0.15, 0.2) is 46.5 Å². The third kappa shape index (κ3) is 14.5. The lowest BCUT2D eigenvalue weighted by atomic mass is 9.82. The van der Waals surface area contributed by atoms with Gasteiger partial charge in [-0.1, -0.05) is 20.3 Å². The molecule has 0 saturated heterocycles. The van der Waals surface area contributed by atoms with E-state index in [1.807, 2.05) is 6.92 Å². The van der Waals surface area contributed by atoms with Crippen LogP contribution in [0.25, 0.3) is 0 Å². The van der Waals surface area contributed by atoms with E-state index in [4.69, 9.17) is 34.1 Å². The van der Waals surface area contributed by atoms with Crippen molar-refractivity contribution in [3.63, 3.8) is 0 Å². The normalized spacial score (nSPS) is 13.7. The molecular weight excluding hydrogens is 864 g/mol. The lowest BCUT2D eigenvalue weighted by Gasteiger charge is -2.24. The van der Waals surface area contributed by atoms with Crippen LogP contribution in [0.1, 0.15) is 78.1 Å². The van der Waals surface area contributed by atoms with Crippen LogP contribution in [0.15, 0.2) is 48.5 Å². The van der Waals surface area contributed by atoms with Crippen molar-refractivity contribution in [1.29, 1.82) is 0 Å². The summed E-state index contributed by atoms with van der Waals surface area (Å²) in [6.07, 6.45) is 5.70. The van der Waals surface area contributed by atoms with Crippen LogP contribution < -0.4 is 0 Å². The second-order valence-electron chi connectivity index (χ2n) is 14.6. The predicted molar refractivity (Wildman–Crippen MR) is 208 cm³/mol. The number of carbonyl (C=O) groups excluding carboxylic acids is 6. The van der Waals surface area contributed by atoms with Gasteiger partial charge in [-0.3, -0.25) is 9.59 Å². The second-order valence-corrected chi connectivity index (χ2v) is 14.6. The van der Waals surface area contributed by atoms with E-state index in [2.05, 4.69) is 11.7 Å². The molecule has 10 nitrogen and oxygen atoms in total. The van der Waals surface area contributed by atoms with Crippen molar-refractivity contribution in [2.75, 3.05) is 13.7 Å². The standard InChI is InChI=1S/C14H16F2O2.C11H10F2O2.C11H12F2.C8H8F2O2.2CO2/c1-3-14(13(17)18-4-2)7-9-5-11(15)12(16)6-10(9)8-14;1-15-11(14)8-2-6-4-9(12)10(13)5-7(6)3-8;1-2-7-3-8-5-10(12)11(13)6-9(8)4-7;9-7-1-5(3-11)6(4-12)2-8(7)10;2*2-1-3/h5-6H,3-4,7-8H2,1-2H3;4-5,8H,2-3H2,1H3;5-7H,2-4H2,1H3;1-2,11-12H,3-4H2;;. The molecule has 64 heavy (non-hydrogen) atoms. The van der Waals surface area contributed by atoms with Gasteiger partial charge in [-0.05, 0) is 151 Å². The Hall–Kier alpha value is -6.06. The van der Waals surface area contributed by atoms with Gasteiger partial charge in [0, 0.05) is 0 Å². The SMILES string of the molecule is CCC1Cc2cc(F)c(F)cc2C1.CCOC(=O)C1(CC)Cc2cc(F)c(F)cc2C1.COC(=O)C1Cc2cc(F)c(F)cc2C1.O=C=O.O=C=O.OCc1cc(F)c(F)cc1CO. The van der Waals surface area contributed by atoms with Crippen LogP contribution in [-0.4, -0.2) is 48.2 Å². The summed E-state index contributed by atoms with van der Waals surface area (Å²) >= 11 is 0. The highest BCUT2D eigenvalue weighted by molar-refractivity contribution is 5.79. The zero-order valence-electron chi connectivity index (χ0n) is 35.2. The molecule has 0 saturated carbocycles. The van der Waals surface area contributed by atoms with Gasteiger partial charge in [-0.15, -0.1) is 0 Å². The van der Waals surface area contributed by atoms with Crippen LogP contribution >= 0.6 is 0 Å². The van der Waals surface area contributed by atoms with Gasteiger partial charge in [0.2, 0.25) is 0 Å². The molecule has 346 valence electrons. The molecule has 0 aliphatic heterocycles. The smallest absolute Gasteiger partial charge is 0.373 e. The number of aliphatic hydroxyl groups is 2. The van der Waals surface area contributed by atoms with Crippen molar-refractivity contribution in [2.45, 2.75) is 85.4 Å². The Bertz CT molecular complexity index is 2170. The summed E-state index contributed by atoms with van der Waals surface area (Å²) < 4.78 is 113. The molecule has 0 amide bonds. The molecule has 0 bridgehead atoms. The zero-order valence-corrected chi connectivity index (χ0v) is 35.2. The van der Waals surface area contributed by atoms with Crippen LogP contribution in [0, 0.1) is 63.8 Å². The first kappa shape index (κ1) is 54.1. The number of carbonyl (C=O) groups is 2. The quantitative estimate of drug-likeness (QED) is 0.139. The summed E-state index contributed by atoms with van der Waals surface area (Å²) in [5.74, 6) is -7.22. The van der Waals surface area contributed by atoms with Gasteiger partial charge in [0.05, 0.1) is 38.3 Å². The summed E-state index contributed by atoms with van der Waals surface area (Å²) in [6.45, 7) is 5.27. The molecule has 3 aliphatic carbocycles. The van der Waals surface area contributed by atoms with E-state index >= 15 is 0 Å². The van der Waals surface area contributed by atoms with E-state index in [9.17, 15) is 44.7 Å². The number of halogens is 8. The Balaban J connectivity index is 0.000000284. The molecule has 0 atom stereocenters. The maximum Gasteiger partial charge on any atom is 0.373 e. The van der Waals surface area contributed by atoms with Crippen molar-refractivity contribution < 1.29 is 83.6 Å². The van der Waals surface area contributed by atoms with Crippen LogP contribution in [0.4, 0.5) is 35.1 Å². The highest BCUT2D eigenvalue weighted by atomic mass is 19.2. The first-order valence-corrected chi connectivity index (χ1v) is 19.7. The monoisotopic (exact) mass is 910 g/mol. The molecule has 18 heteroatoms. The van der Waals surface area contributed by atoms with E-state index in [1.165, 1.54) is 31.4 Å². The van der Waals surface area contributed by atoms with Gasteiger partial charge in [-0.2, -0.15) is 19.2 Å². The van der Waals surface area contributed by atoms with E-state index < -0.39 is 65.2 Å². The molecule has 7 rings (SSSR count). The average Bonchev–Trinajstić information content (AvgIpc) is 3.98. The number of benzene rings is 4. The van der Waals surface area contributed by atoms with Crippen molar-refractivity contribution in [3.8, 4) is 0 Å². The molecule has 0 unspecified atom stereocenters. The van der Waals surface area contributed by atoms with E-state index in [0.717, 1.165) is 54.7 Å². The first-order valence-electron chi connectivity index (χ1n) is 19.7. The number of hydrogen-bond donors (Lipinski definition) is 2. The second kappa shape index (κ2) is 25.9. The lowest BCUT2D eigenvalue weighted by molar-refractivity contribution is -0.193. The van der Waals surface area contributed by atoms with E-state index in [0.29, 0.717) is 66.9 Å². The van der Waals surface area contributed by atoms with E-state index in [1.54, 1.807) is 6.92 Å². The van der Waals surface area contributed by atoms with Gasteiger partial charge in [-0.25, -0.2) is 35.1 Å². The number of aliphatic hydroxyl groups excluding tert-OH is 2. The minimum absolute atomic E-state index is 0.205. The number of esters is 2. The number of rotatable bonds is 7. The van der Waals surface area contributed by atoms with Gasteiger partial charge < -0.3 is 19.7 Å². The molecule has 0 fully saturated rings. The topological polar surface area (TPSA) is 161 Å². The molecule has 2 N–H and O–H groups in total. The Labute approximate surface area is 363 Å². The largest absolute Gasteiger partial charge is 0.469 e. The summed E-state index contributed by atoms with van der Waals surface area (Å²) in [5.41, 5.74) is 4.56. The lowest BCUT2D eigenvalue weighted by Crippen LogP contribution is -2.33. The number of hydrogen-bond acceptors (Lipinski definition) is 10. The van der Waals surface area contributed by atoms with Crippen LogP contribution in [0.2, 0.25) is 0 Å². The van der Waals surface area contributed by atoms with E-state index in [-0.39, 0.29) is 41.3 Å². The third-order valence-corrected chi connectivity index (χ3v) is 10.8. The fraction of sp³-hybridized carbons (Fsp3) is 0.391. The molecule has 0 aromatic heterocycles. The minimum atomic E-state index is -1.02. The summed E-state index contributed by atoms with van der Waals surface area (Å²) in [5, 5.41) is 17.3. The first-order chi connectivity index (χ1) is 30.3. The number of fused-ring (bicyclic) bond motifs is 3. The van der Waals surface area contributed by atoms with Crippen LogP contribution in [-0.2, 0) is 90.0 Å². The van der Waals surface area contributed by atoms with Gasteiger partial charge in [0.25, 0.3) is 0 Å². The Morgan fingerprint density at radius 1 is 0.578 bits per heavy atom. The van der Waals surface area contributed by atoms with Crippen LogP contribution in [0.5, 0.6) is 0 Å². The van der Waals surface area contributed by atoms with Crippen molar-refractivity contribution in [2.24, 2.45) is 17.3 Å². The molecule has 4 aromatic rings. The summed E-state index contributed by atoms with van der Waals surface area (Å²) in [7, 11) is 1.31. The van der Waals surface area contributed by atoms with Crippen LogP contribution in [0.3, 0.4) is 0 Å². The maximum absolute atomic E-state index is 13.2. The highest BCUT2D eigenvalue weighted by Gasteiger charge is 2.44. The van der Waals surface area contributed by atoms with Crippen molar-refractivity contribution in [1.82, 2.24) is 0 Å². The summed E-state index contributed by atoms with van der Waals surface area (Å²) in [4.78, 5) is 55.8. The Morgan fingerprint density at radius 2 is 0.891 bits per heavy atom. The minimum Gasteiger partial charge on any atom is -0.469 e. The fourth-order valence-corrected chi connectivity index (χ4v) is 7.43. The average molecular weight is 911 g/mol. The van der Waals surface area contributed by atoms with Gasteiger partial charge in [0.1, 0.15) is 0 Å². The van der Waals surface area contributed by atoms with Gasteiger partial charge >= 0.3 is 24.2 Å². The predicted octanol–water partition coefficient (Wildman–Crippen LogP) is 7.75. The number of methoxy groups -OCH3 is 1. The molecular formula is C46H46F8O10. The molecule has 0 radical (unpaired) electrons. The maximum atomic E-state index is 13.2. The van der Waals surface area contributed by atoms with Crippen molar-refractivity contribution in [3.05, 3.63) is 140 Å². The van der Waals surface area contributed by atoms with Crippen molar-refractivity contribution >= 4 is 24.2 Å². The summed E-state index contributed by atoms with van der Waals surface area (Å²) in [6, 6.07) is 9.16. The zero-order chi connectivity index (χ0) is 48.3. The molecule has 0 spiro atoms. The molecule has 0 heterocycles. The molecule has 4 aromatic carbocycles. The Kier molecular flexibility index (Phi) is 21.9.